The fourth-order valence-corrected chi connectivity index (χ4v) is 7.64. The lowest BCUT2D eigenvalue weighted by Gasteiger charge is -2.40. The number of aryl methyl sites for hydroxylation is 1. The van der Waals surface area contributed by atoms with Gasteiger partial charge >= 0.3 is 0 Å². The van der Waals surface area contributed by atoms with E-state index in [4.69, 9.17) is 9.15 Å². The molecule has 0 saturated heterocycles. The molecule has 1 aromatic heterocycles. The van der Waals surface area contributed by atoms with Gasteiger partial charge in [0, 0.05) is 45.3 Å². The van der Waals surface area contributed by atoms with Crippen LogP contribution in [0.2, 0.25) is 0 Å². The molecule has 2 aliphatic rings. The number of rotatable bonds is 4. The summed E-state index contributed by atoms with van der Waals surface area (Å²) < 4.78 is 13.4. The van der Waals surface area contributed by atoms with Crippen molar-refractivity contribution >= 4 is 79.2 Å². The van der Waals surface area contributed by atoms with Crippen LogP contribution in [0.25, 0.3) is 21.9 Å². The molecule has 0 aliphatic carbocycles. The third kappa shape index (κ3) is 3.97. The van der Waals surface area contributed by atoms with Gasteiger partial charge in [-0.3, -0.25) is 0 Å². The molecule has 0 amide bonds. The number of nitrogens with zero attached hydrogens (tertiary/aromatic N) is 2. The summed E-state index contributed by atoms with van der Waals surface area (Å²) in [6, 6.07) is 55.8. The highest BCUT2D eigenvalue weighted by Gasteiger charge is 2.41. The molecule has 5 heteroatoms. The molecule has 0 bridgehead atoms. The van der Waals surface area contributed by atoms with Crippen LogP contribution in [0.1, 0.15) is 5.56 Å². The fraction of sp³-hybridized carbons (Fsp3) is 0.0233. The number of anilines is 6. The summed E-state index contributed by atoms with van der Waals surface area (Å²) >= 11 is 0. The van der Waals surface area contributed by atoms with Gasteiger partial charge in [0.25, 0.3) is 6.71 Å². The van der Waals surface area contributed by atoms with Gasteiger partial charge in [0.05, 0.1) is 5.69 Å². The zero-order valence-electron chi connectivity index (χ0n) is 26.3. The Kier molecular flexibility index (Phi) is 5.85. The summed E-state index contributed by atoms with van der Waals surface area (Å²) in [5.41, 5.74) is 13.1. The number of para-hydroxylation sites is 4. The van der Waals surface area contributed by atoms with Crippen LogP contribution in [0, 0.1) is 6.92 Å². The van der Waals surface area contributed by atoms with E-state index in [2.05, 4.69) is 162 Å². The molecule has 10 rings (SSSR count). The third-order valence-corrected chi connectivity index (χ3v) is 9.78. The van der Waals surface area contributed by atoms with Crippen molar-refractivity contribution in [1.82, 2.24) is 0 Å². The van der Waals surface area contributed by atoms with E-state index >= 15 is 0 Å². The molecule has 4 nitrogen and oxygen atoms in total. The predicted molar refractivity (Wildman–Crippen MR) is 199 cm³/mol. The molecule has 226 valence electrons. The smallest absolute Gasteiger partial charge is 0.256 e. The lowest BCUT2D eigenvalue weighted by atomic mass is 9.34. The van der Waals surface area contributed by atoms with Crippen LogP contribution in [0.15, 0.2) is 162 Å². The van der Waals surface area contributed by atoms with Gasteiger partial charge in [-0.1, -0.05) is 96.6 Å². The van der Waals surface area contributed by atoms with Crippen molar-refractivity contribution in [3.05, 3.63) is 163 Å². The van der Waals surface area contributed by atoms with E-state index in [-0.39, 0.29) is 6.71 Å². The van der Waals surface area contributed by atoms with Crippen LogP contribution in [-0.4, -0.2) is 6.71 Å². The highest BCUT2D eigenvalue weighted by molar-refractivity contribution is 6.99. The molecule has 0 spiro atoms. The van der Waals surface area contributed by atoms with Crippen molar-refractivity contribution in [3.8, 4) is 11.5 Å². The number of ether oxygens (including phenoxy) is 1. The summed E-state index contributed by atoms with van der Waals surface area (Å²) in [7, 11) is 0. The quantitative estimate of drug-likeness (QED) is 0.184. The van der Waals surface area contributed by atoms with Gasteiger partial charge in [0.1, 0.15) is 17.1 Å². The first-order chi connectivity index (χ1) is 23.7. The Morgan fingerprint density at radius 2 is 1.29 bits per heavy atom. The summed E-state index contributed by atoms with van der Waals surface area (Å²) in [5, 5.41) is 2.21. The zero-order valence-corrected chi connectivity index (χ0v) is 26.3. The molecule has 2 aliphatic heterocycles. The van der Waals surface area contributed by atoms with E-state index in [1.807, 2.05) is 12.1 Å². The maximum absolute atomic E-state index is 6.86. The number of fused-ring (bicyclic) bond motifs is 7. The number of benzene rings is 7. The van der Waals surface area contributed by atoms with E-state index in [1.165, 1.54) is 22.2 Å². The first kappa shape index (κ1) is 27.0. The van der Waals surface area contributed by atoms with Crippen LogP contribution >= 0.6 is 0 Å². The minimum Gasteiger partial charge on any atom is -0.458 e. The van der Waals surface area contributed by atoms with Crippen molar-refractivity contribution in [2.24, 2.45) is 0 Å². The molecule has 7 aromatic carbocycles. The minimum absolute atomic E-state index is 0.0387. The first-order valence-electron chi connectivity index (χ1n) is 16.4. The topological polar surface area (TPSA) is 28.9 Å². The number of furan rings is 1. The molecule has 0 saturated carbocycles. The van der Waals surface area contributed by atoms with Crippen LogP contribution in [0.5, 0.6) is 11.5 Å². The SMILES string of the molecule is Cc1ccc(N(c2ccc3c(c2)Oc2cccc4c2B3c2ccccc2N4c2ccccc2)c2cccc3c2oc2ccccc23)cc1. The van der Waals surface area contributed by atoms with Crippen molar-refractivity contribution in [1.29, 1.82) is 0 Å². The Hall–Kier alpha value is -6.20. The monoisotopic (exact) mass is 616 g/mol. The van der Waals surface area contributed by atoms with Gasteiger partial charge in [-0.2, -0.15) is 0 Å². The Bertz CT molecular complexity index is 2520. The van der Waals surface area contributed by atoms with Gasteiger partial charge in [0.2, 0.25) is 0 Å². The average molecular weight is 617 g/mol. The molecule has 0 atom stereocenters. The van der Waals surface area contributed by atoms with Gasteiger partial charge in [-0.15, -0.1) is 0 Å². The third-order valence-electron chi connectivity index (χ3n) is 9.78. The maximum atomic E-state index is 6.86. The second-order valence-electron chi connectivity index (χ2n) is 12.6. The highest BCUT2D eigenvalue weighted by Crippen LogP contribution is 2.45. The van der Waals surface area contributed by atoms with E-state index in [0.29, 0.717) is 0 Å². The number of hydrogen-bond acceptors (Lipinski definition) is 4. The molecule has 0 radical (unpaired) electrons. The molecule has 3 heterocycles. The zero-order chi connectivity index (χ0) is 31.8. The first-order valence-corrected chi connectivity index (χ1v) is 16.4. The predicted octanol–water partition coefficient (Wildman–Crippen LogP) is 9.77. The molecule has 0 N–H and O–H groups in total. The summed E-state index contributed by atoms with van der Waals surface area (Å²) in [4.78, 5) is 4.65. The summed E-state index contributed by atoms with van der Waals surface area (Å²) in [6.07, 6.45) is 0. The normalized spacial score (nSPS) is 12.8. The van der Waals surface area contributed by atoms with Crippen LogP contribution < -0.4 is 30.9 Å². The molecular formula is C43H29BN2O2. The fourth-order valence-electron chi connectivity index (χ4n) is 7.64. The van der Waals surface area contributed by atoms with Gasteiger partial charge in [-0.25, -0.2) is 0 Å². The molecule has 0 fully saturated rings. The van der Waals surface area contributed by atoms with Crippen LogP contribution in [0.4, 0.5) is 34.1 Å². The minimum atomic E-state index is 0.0387. The molecule has 0 unspecified atom stereocenters. The lowest BCUT2D eigenvalue weighted by Crippen LogP contribution is -2.59. The van der Waals surface area contributed by atoms with Gasteiger partial charge < -0.3 is 19.0 Å². The Balaban J connectivity index is 1.17. The standard InChI is InChI=1S/C43H29BN2O2/c1-28-21-23-30(24-22-28)45(38-18-9-14-33-32-13-5-8-19-39(32)48-43(33)38)31-25-26-35-41(27-31)47-40-20-10-17-37-42(40)44(35)34-15-6-7-16-36(34)46(37)29-11-3-2-4-12-29/h2-27H,1H3. The van der Waals surface area contributed by atoms with E-state index < -0.39 is 0 Å². The second kappa shape index (κ2) is 10.4. The average Bonchev–Trinajstić information content (AvgIpc) is 3.52. The van der Waals surface area contributed by atoms with Crippen molar-refractivity contribution in [2.45, 2.75) is 6.92 Å². The van der Waals surface area contributed by atoms with Crippen LogP contribution in [-0.2, 0) is 0 Å². The largest absolute Gasteiger partial charge is 0.458 e. The number of hydrogen-bond donors (Lipinski definition) is 0. The van der Waals surface area contributed by atoms with E-state index in [0.717, 1.165) is 67.3 Å². The van der Waals surface area contributed by atoms with E-state index in [1.54, 1.807) is 0 Å². The molecule has 8 aromatic rings. The van der Waals surface area contributed by atoms with E-state index in [9.17, 15) is 0 Å². The Morgan fingerprint density at radius 3 is 2.19 bits per heavy atom. The maximum Gasteiger partial charge on any atom is 0.256 e. The van der Waals surface area contributed by atoms with Gasteiger partial charge in [0.15, 0.2) is 5.58 Å². The van der Waals surface area contributed by atoms with Crippen molar-refractivity contribution in [2.75, 3.05) is 9.80 Å². The molecular weight excluding hydrogens is 587 g/mol. The van der Waals surface area contributed by atoms with Crippen molar-refractivity contribution in [3.63, 3.8) is 0 Å². The van der Waals surface area contributed by atoms with Crippen molar-refractivity contribution < 1.29 is 9.15 Å². The van der Waals surface area contributed by atoms with Crippen LogP contribution in [0.3, 0.4) is 0 Å². The Labute approximate surface area is 279 Å². The summed E-state index contributed by atoms with van der Waals surface area (Å²) in [5.74, 6) is 1.75. The summed E-state index contributed by atoms with van der Waals surface area (Å²) in [6.45, 7) is 2.16. The highest BCUT2D eigenvalue weighted by atomic mass is 16.5. The second-order valence-corrected chi connectivity index (χ2v) is 12.6. The molecule has 48 heavy (non-hydrogen) atoms. The van der Waals surface area contributed by atoms with Gasteiger partial charge in [-0.05, 0) is 84.0 Å². The Morgan fingerprint density at radius 1 is 0.562 bits per heavy atom. The lowest BCUT2D eigenvalue weighted by molar-refractivity contribution is 0.487.